The molecule has 3 aromatic rings. The van der Waals surface area contributed by atoms with Gasteiger partial charge < -0.3 is 9.84 Å². The van der Waals surface area contributed by atoms with Crippen molar-refractivity contribution in [2.75, 3.05) is 12.0 Å². The van der Waals surface area contributed by atoms with E-state index in [2.05, 4.69) is 4.98 Å². The predicted octanol–water partition coefficient (Wildman–Crippen LogP) is 5.16. The van der Waals surface area contributed by atoms with Crippen LogP contribution in [-0.4, -0.2) is 28.9 Å². The minimum absolute atomic E-state index is 0.147. The van der Waals surface area contributed by atoms with Crippen LogP contribution >= 0.6 is 23.2 Å². The molecule has 2 heterocycles. The van der Waals surface area contributed by atoms with Gasteiger partial charge in [0.1, 0.15) is 17.3 Å². The molecule has 6 nitrogen and oxygen atoms in total. The average Bonchev–Trinajstić information content (AvgIpc) is 3.06. The molecule has 4 rings (SSSR count). The summed E-state index contributed by atoms with van der Waals surface area (Å²) in [5, 5.41) is 11.2. The van der Waals surface area contributed by atoms with Crippen LogP contribution in [0.5, 0.6) is 5.75 Å². The highest BCUT2D eigenvalue weighted by Crippen LogP contribution is 2.43. The van der Waals surface area contributed by atoms with Crippen LogP contribution < -0.4 is 9.64 Å². The van der Waals surface area contributed by atoms with E-state index < -0.39 is 29.3 Å². The van der Waals surface area contributed by atoms with Crippen molar-refractivity contribution in [3.05, 3.63) is 93.5 Å². The second-order valence-electron chi connectivity index (χ2n) is 6.90. The number of nitrogens with zero attached hydrogens (tertiary/aromatic N) is 2. The largest absolute Gasteiger partial charge is 0.507 e. The number of amides is 1. The number of aromatic nitrogens is 1. The number of anilines is 1. The van der Waals surface area contributed by atoms with Gasteiger partial charge in [-0.05, 0) is 54.1 Å². The van der Waals surface area contributed by atoms with E-state index in [0.717, 1.165) is 6.07 Å². The molecule has 1 fully saturated rings. The summed E-state index contributed by atoms with van der Waals surface area (Å²) >= 11 is 12.0. The van der Waals surface area contributed by atoms with Gasteiger partial charge in [-0.25, -0.2) is 4.39 Å². The Morgan fingerprint density at radius 3 is 2.44 bits per heavy atom. The number of Topliss-reactive ketones (excluding diaryl/α,β-unsaturated/α-hetero) is 1. The lowest BCUT2D eigenvalue weighted by Gasteiger charge is -2.25. The smallest absolute Gasteiger partial charge is 0.300 e. The first-order valence-electron chi connectivity index (χ1n) is 9.33. The molecule has 1 unspecified atom stereocenters. The fraction of sp³-hybridized carbons (Fsp3) is 0.0870. The van der Waals surface area contributed by atoms with E-state index in [9.17, 15) is 19.1 Å². The Kier molecular flexibility index (Phi) is 5.86. The molecule has 1 aromatic heterocycles. The Morgan fingerprint density at radius 2 is 1.78 bits per heavy atom. The summed E-state index contributed by atoms with van der Waals surface area (Å²) in [7, 11) is 1.42. The molecule has 0 bridgehead atoms. The number of methoxy groups -OCH3 is 1. The molecule has 1 aliphatic rings. The van der Waals surface area contributed by atoms with Gasteiger partial charge in [0.15, 0.2) is 0 Å². The zero-order valence-electron chi connectivity index (χ0n) is 16.6. The predicted molar refractivity (Wildman–Crippen MR) is 118 cm³/mol. The van der Waals surface area contributed by atoms with Crippen molar-refractivity contribution >= 4 is 46.3 Å². The maximum Gasteiger partial charge on any atom is 0.300 e. The normalized spacial score (nSPS) is 17.6. The second-order valence-corrected chi connectivity index (χ2v) is 7.71. The van der Waals surface area contributed by atoms with Crippen LogP contribution in [-0.2, 0) is 9.59 Å². The Labute approximate surface area is 192 Å². The van der Waals surface area contributed by atoms with E-state index >= 15 is 0 Å². The summed E-state index contributed by atoms with van der Waals surface area (Å²) < 4.78 is 18.9. The number of carbonyl (C=O) groups is 2. The number of hydrogen-bond donors (Lipinski definition) is 1. The van der Waals surface area contributed by atoms with Crippen molar-refractivity contribution in [1.82, 2.24) is 4.98 Å². The maximum atomic E-state index is 13.7. The molecule has 162 valence electrons. The van der Waals surface area contributed by atoms with Crippen LogP contribution in [0.25, 0.3) is 5.76 Å². The molecular weight excluding hydrogens is 458 g/mol. The van der Waals surface area contributed by atoms with Crippen molar-refractivity contribution in [3.63, 3.8) is 0 Å². The van der Waals surface area contributed by atoms with Gasteiger partial charge in [-0.3, -0.25) is 19.5 Å². The van der Waals surface area contributed by atoms with Crippen LogP contribution in [0.3, 0.4) is 0 Å². The molecule has 0 spiro atoms. The summed E-state index contributed by atoms with van der Waals surface area (Å²) in [5.74, 6) is -2.58. The Balaban J connectivity index is 1.95. The van der Waals surface area contributed by atoms with Crippen LogP contribution in [0, 0.1) is 5.82 Å². The maximum absolute atomic E-state index is 13.7. The number of ketones is 1. The van der Waals surface area contributed by atoms with Gasteiger partial charge in [0, 0.05) is 23.6 Å². The number of pyridine rings is 1. The average molecular weight is 473 g/mol. The Bertz CT molecular complexity index is 1260. The van der Waals surface area contributed by atoms with E-state index in [1.165, 1.54) is 54.7 Å². The lowest BCUT2D eigenvalue weighted by molar-refractivity contribution is -0.132. The first kappa shape index (κ1) is 21.8. The molecule has 32 heavy (non-hydrogen) atoms. The fourth-order valence-electron chi connectivity index (χ4n) is 3.56. The summed E-state index contributed by atoms with van der Waals surface area (Å²) in [4.78, 5) is 31.3. The molecule has 2 aromatic carbocycles. The number of hydrogen-bond acceptors (Lipinski definition) is 5. The van der Waals surface area contributed by atoms with Gasteiger partial charge in [0.25, 0.3) is 11.7 Å². The number of benzene rings is 2. The monoisotopic (exact) mass is 472 g/mol. The molecular formula is C23H15Cl2FN2O4. The summed E-state index contributed by atoms with van der Waals surface area (Å²) in [6.45, 7) is 0. The highest BCUT2D eigenvalue weighted by Gasteiger charge is 2.47. The molecule has 0 aliphatic carbocycles. The van der Waals surface area contributed by atoms with Gasteiger partial charge >= 0.3 is 0 Å². The zero-order valence-corrected chi connectivity index (χ0v) is 18.1. The fourth-order valence-corrected chi connectivity index (χ4v) is 3.93. The molecule has 1 atom stereocenters. The van der Waals surface area contributed by atoms with E-state index in [-0.39, 0.29) is 27.6 Å². The van der Waals surface area contributed by atoms with Crippen LogP contribution in [0.4, 0.5) is 10.1 Å². The minimum Gasteiger partial charge on any atom is -0.507 e. The third-order valence-electron chi connectivity index (χ3n) is 5.07. The van der Waals surface area contributed by atoms with Crippen molar-refractivity contribution in [2.45, 2.75) is 6.04 Å². The molecule has 1 amide bonds. The lowest BCUT2D eigenvalue weighted by atomic mass is 9.95. The van der Waals surface area contributed by atoms with Crippen LogP contribution in [0.2, 0.25) is 10.0 Å². The van der Waals surface area contributed by atoms with Crippen molar-refractivity contribution in [1.29, 1.82) is 0 Å². The second kappa shape index (κ2) is 8.61. The number of aliphatic hydroxyl groups excluding tert-OH is 1. The van der Waals surface area contributed by atoms with Crippen LogP contribution in [0.1, 0.15) is 17.2 Å². The lowest BCUT2D eigenvalue weighted by Crippen LogP contribution is -2.29. The van der Waals surface area contributed by atoms with Gasteiger partial charge in [0.2, 0.25) is 0 Å². The molecule has 0 radical (unpaired) electrons. The third kappa shape index (κ3) is 3.70. The number of halogens is 3. The topological polar surface area (TPSA) is 79.7 Å². The molecule has 1 N–H and O–H groups in total. The Morgan fingerprint density at radius 1 is 1.06 bits per heavy atom. The van der Waals surface area contributed by atoms with Gasteiger partial charge in [-0.2, -0.15) is 0 Å². The van der Waals surface area contributed by atoms with E-state index in [1.807, 2.05) is 0 Å². The molecule has 0 saturated carbocycles. The number of carbonyl (C=O) groups excluding carboxylic acids is 2. The third-order valence-corrected chi connectivity index (χ3v) is 5.67. The number of ether oxygens (including phenoxy) is 1. The summed E-state index contributed by atoms with van der Waals surface area (Å²) in [6, 6.07) is 10.4. The van der Waals surface area contributed by atoms with Crippen molar-refractivity contribution < 1.29 is 23.8 Å². The van der Waals surface area contributed by atoms with E-state index in [1.54, 1.807) is 12.1 Å². The highest BCUT2D eigenvalue weighted by molar-refractivity contribution is 6.51. The SMILES string of the molecule is COc1cc(/C(O)=C2\C(=O)C(=O)N(c3ccc(F)c(Cl)c3)C2c2ccncc2)ccc1Cl. The summed E-state index contributed by atoms with van der Waals surface area (Å²) in [6.07, 6.45) is 3.00. The molecule has 9 heteroatoms. The first-order valence-corrected chi connectivity index (χ1v) is 10.1. The standard InChI is InChI=1S/C23H15Cl2FN2O4/c1-32-18-10-13(2-4-15(18)24)21(29)19-20(12-6-8-27-9-7-12)28(23(31)22(19)30)14-3-5-17(26)16(25)11-14/h2-11,20,29H,1H3/b21-19+. The van der Waals surface area contributed by atoms with E-state index in [0.29, 0.717) is 10.6 Å². The van der Waals surface area contributed by atoms with Gasteiger partial charge in [0.05, 0.1) is 28.8 Å². The summed E-state index contributed by atoms with van der Waals surface area (Å²) in [5.41, 5.74) is 0.807. The quantitative estimate of drug-likeness (QED) is 0.322. The number of rotatable bonds is 4. The van der Waals surface area contributed by atoms with E-state index in [4.69, 9.17) is 27.9 Å². The van der Waals surface area contributed by atoms with Gasteiger partial charge in [-0.1, -0.05) is 23.2 Å². The first-order chi connectivity index (χ1) is 15.3. The zero-order chi connectivity index (χ0) is 23.0. The van der Waals surface area contributed by atoms with Gasteiger partial charge in [-0.15, -0.1) is 0 Å². The number of aliphatic hydroxyl groups is 1. The molecule has 1 saturated heterocycles. The van der Waals surface area contributed by atoms with Crippen molar-refractivity contribution in [3.8, 4) is 5.75 Å². The minimum atomic E-state index is -0.999. The highest BCUT2D eigenvalue weighted by atomic mass is 35.5. The van der Waals surface area contributed by atoms with Crippen LogP contribution in [0.15, 0.2) is 66.5 Å². The Hall–Kier alpha value is -3.42. The van der Waals surface area contributed by atoms with Crippen molar-refractivity contribution in [2.24, 2.45) is 0 Å². The molecule has 1 aliphatic heterocycles.